The number of benzene rings is 1. The number of ether oxygens (including phenoxy) is 1. The van der Waals surface area contributed by atoms with Gasteiger partial charge in [-0.05, 0) is 40.4 Å². The standard InChI is InChI=1S/C22H26N2O2/c1-14(19-23-12-16(13-24-19)20(25)26-6)15-7-8-17-18(11-15)22(4,5)10-9-21(17,2)3/h7-8,11-13H,1,9-10H2,2-6H3. The molecule has 0 aliphatic heterocycles. The molecular weight excluding hydrogens is 324 g/mol. The summed E-state index contributed by atoms with van der Waals surface area (Å²) in [4.78, 5) is 20.1. The molecule has 0 amide bonds. The van der Waals surface area contributed by atoms with Crippen LogP contribution in [-0.2, 0) is 15.6 Å². The first-order valence-electron chi connectivity index (χ1n) is 8.91. The summed E-state index contributed by atoms with van der Waals surface area (Å²) in [7, 11) is 1.34. The molecule has 1 heterocycles. The van der Waals surface area contributed by atoms with Crippen LogP contribution in [0.4, 0.5) is 0 Å². The third-order valence-corrected chi connectivity index (χ3v) is 5.54. The maximum atomic E-state index is 11.5. The second-order valence-electron chi connectivity index (χ2n) is 8.29. The Labute approximate surface area is 155 Å². The highest BCUT2D eigenvalue weighted by molar-refractivity contribution is 5.88. The van der Waals surface area contributed by atoms with Crippen LogP contribution in [0, 0.1) is 0 Å². The lowest BCUT2D eigenvalue weighted by molar-refractivity contribution is 0.0599. The van der Waals surface area contributed by atoms with Crippen molar-refractivity contribution in [3.8, 4) is 0 Å². The Kier molecular flexibility index (Phi) is 4.47. The number of esters is 1. The fraction of sp³-hybridized carbons (Fsp3) is 0.409. The van der Waals surface area contributed by atoms with E-state index in [4.69, 9.17) is 0 Å². The zero-order chi connectivity index (χ0) is 19.1. The number of hydrogen-bond donors (Lipinski definition) is 0. The van der Waals surface area contributed by atoms with Crippen molar-refractivity contribution in [2.24, 2.45) is 0 Å². The van der Waals surface area contributed by atoms with Gasteiger partial charge < -0.3 is 4.74 Å². The number of hydrogen-bond acceptors (Lipinski definition) is 4. The highest BCUT2D eigenvalue weighted by Crippen LogP contribution is 2.46. The molecule has 4 nitrogen and oxygen atoms in total. The van der Waals surface area contributed by atoms with Gasteiger partial charge in [-0.25, -0.2) is 14.8 Å². The molecule has 0 bridgehead atoms. The van der Waals surface area contributed by atoms with Gasteiger partial charge in [0.25, 0.3) is 0 Å². The van der Waals surface area contributed by atoms with E-state index < -0.39 is 5.97 Å². The minimum Gasteiger partial charge on any atom is -0.465 e. The van der Waals surface area contributed by atoms with E-state index in [-0.39, 0.29) is 10.8 Å². The van der Waals surface area contributed by atoms with E-state index in [1.807, 2.05) is 0 Å². The van der Waals surface area contributed by atoms with E-state index in [0.717, 1.165) is 17.6 Å². The number of rotatable bonds is 3. The summed E-state index contributed by atoms with van der Waals surface area (Å²) in [5.74, 6) is 0.0744. The van der Waals surface area contributed by atoms with Crippen LogP contribution >= 0.6 is 0 Å². The van der Waals surface area contributed by atoms with Crippen LogP contribution in [0.15, 0.2) is 37.2 Å². The Hall–Kier alpha value is -2.49. The van der Waals surface area contributed by atoms with E-state index in [0.29, 0.717) is 11.4 Å². The first kappa shape index (κ1) is 18.3. The number of methoxy groups -OCH3 is 1. The second kappa shape index (κ2) is 6.35. The Bertz CT molecular complexity index is 864. The van der Waals surface area contributed by atoms with Gasteiger partial charge in [0.05, 0.1) is 12.7 Å². The molecule has 0 spiro atoms. The quantitative estimate of drug-likeness (QED) is 0.755. The van der Waals surface area contributed by atoms with Crippen LogP contribution < -0.4 is 0 Å². The van der Waals surface area contributed by atoms with Crippen LogP contribution in [-0.4, -0.2) is 23.0 Å². The van der Waals surface area contributed by atoms with E-state index in [1.54, 1.807) is 0 Å². The molecule has 4 heteroatoms. The van der Waals surface area contributed by atoms with Gasteiger partial charge in [-0.2, -0.15) is 0 Å². The molecule has 0 radical (unpaired) electrons. The minimum atomic E-state index is -0.445. The molecule has 0 saturated carbocycles. The Morgan fingerprint density at radius 2 is 1.58 bits per heavy atom. The SMILES string of the molecule is C=C(c1ccc2c(c1)C(C)(C)CCC2(C)C)c1ncc(C(=O)OC)cn1. The van der Waals surface area contributed by atoms with Crippen molar-refractivity contribution < 1.29 is 9.53 Å². The van der Waals surface area contributed by atoms with Crippen molar-refractivity contribution in [3.63, 3.8) is 0 Å². The third-order valence-electron chi connectivity index (χ3n) is 5.54. The topological polar surface area (TPSA) is 52.1 Å². The number of nitrogens with zero attached hydrogens (tertiary/aromatic N) is 2. The highest BCUT2D eigenvalue weighted by atomic mass is 16.5. The monoisotopic (exact) mass is 350 g/mol. The van der Waals surface area contributed by atoms with E-state index in [2.05, 4.69) is 67.2 Å². The largest absolute Gasteiger partial charge is 0.465 e. The van der Waals surface area contributed by atoms with Crippen LogP contribution in [0.5, 0.6) is 0 Å². The summed E-state index contributed by atoms with van der Waals surface area (Å²) in [6.07, 6.45) is 5.30. The molecule has 136 valence electrons. The molecule has 0 atom stereocenters. The van der Waals surface area contributed by atoms with Gasteiger partial charge in [0.15, 0.2) is 5.82 Å². The predicted octanol–water partition coefficient (Wildman–Crippen LogP) is 4.67. The summed E-state index contributed by atoms with van der Waals surface area (Å²) in [6.45, 7) is 13.4. The van der Waals surface area contributed by atoms with E-state index in [9.17, 15) is 4.79 Å². The molecule has 3 rings (SSSR count). The number of fused-ring (bicyclic) bond motifs is 1. The lowest BCUT2D eigenvalue weighted by atomic mass is 9.63. The average molecular weight is 350 g/mol. The zero-order valence-electron chi connectivity index (χ0n) is 16.2. The van der Waals surface area contributed by atoms with Gasteiger partial charge in [0.1, 0.15) is 0 Å². The van der Waals surface area contributed by atoms with E-state index in [1.165, 1.54) is 37.1 Å². The smallest absolute Gasteiger partial charge is 0.341 e. The van der Waals surface area contributed by atoms with Crippen LogP contribution in [0.25, 0.3) is 5.57 Å². The van der Waals surface area contributed by atoms with Crippen molar-refractivity contribution in [3.05, 3.63) is 65.2 Å². The molecule has 1 aromatic heterocycles. The molecule has 1 aliphatic rings. The average Bonchev–Trinajstić information content (AvgIpc) is 2.64. The third kappa shape index (κ3) is 3.16. The zero-order valence-corrected chi connectivity index (χ0v) is 16.2. The van der Waals surface area contributed by atoms with Crippen molar-refractivity contribution in [1.29, 1.82) is 0 Å². The summed E-state index contributed by atoms with van der Waals surface area (Å²) in [5.41, 5.74) is 5.20. The summed E-state index contributed by atoms with van der Waals surface area (Å²) >= 11 is 0. The van der Waals surface area contributed by atoms with Crippen molar-refractivity contribution in [1.82, 2.24) is 9.97 Å². The van der Waals surface area contributed by atoms with Gasteiger partial charge in [-0.15, -0.1) is 0 Å². The lowest BCUT2D eigenvalue weighted by Gasteiger charge is -2.42. The maximum absolute atomic E-state index is 11.5. The summed E-state index contributed by atoms with van der Waals surface area (Å²) in [6, 6.07) is 6.55. The van der Waals surface area contributed by atoms with Crippen LogP contribution in [0.1, 0.15) is 73.4 Å². The van der Waals surface area contributed by atoms with Gasteiger partial charge in [0.2, 0.25) is 0 Å². The predicted molar refractivity (Wildman–Crippen MR) is 103 cm³/mol. The molecule has 0 fully saturated rings. The molecule has 0 N–H and O–H groups in total. The molecule has 26 heavy (non-hydrogen) atoms. The summed E-state index contributed by atoms with van der Waals surface area (Å²) < 4.78 is 4.68. The maximum Gasteiger partial charge on any atom is 0.341 e. The molecule has 2 aromatic rings. The molecule has 0 saturated heterocycles. The van der Waals surface area contributed by atoms with Gasteiger partial charge in [-0.3, -0.25) is 0 Å². The first-order chi connectivity index (χ1) is 12.2. The molecule has 1 aliphatic carbocycles. The number of carbonyl (C=O) groups is 1. The van der Waals surface area contributed by atoms with Gasteiger partial charge in [-0.1, -0.05) is 52.5 Å². The Morgan fingerprint density at radius 3 is 2.15 bits per heavy atom. The summed E-state index contributed by atoms with van der Waals surface area (Å²) in [5, 5.41) is 0. The van der Waals surface area contributed by atoms with Gasteiger partial charge >= 0.3 is 5.97 Å². The Morgan fingerprint density at radius 1 is 1.00 bits per heavy atom. The number of aromatic nitrogens is 2. The fourth-order valence-corrected chi connectivity index (χ4v) is 3.61. The first-order valence-corrected chi connectivity index (χ1v) is 8.91. The van der Waals surface area contributed by atoms with Gasteiger partial charge in [0, 0.05) is 18.0 Å². The normalized spacial score (nSPS) is 17.3. The molecular formula is C22H26N2O2. The van der Waals surface area contributed by atoms with E-state index >= 15 is 0 Å². The van der Waals surface area contributed by atoms with Crippen LogP contribution in [0.2, 0.25) is 0 Å². The Balaban J connectivity index is 1.98. The molecule has 0 unspecified atom stereocenters. The van der Waals surface area contributed by atoms with Crippen molar-refractivity contribution in [2.45, 2.75) is 51.4 Å². The highest BCUT2D eigenvalue weighted by Gasteiger charge is 2.37. The number of carbonyl (C=O) groups excluding carboxylic acids is 1. The lowest BCUT2D eigenvalue weighted by Crippen LogP contribution is -2.33. The van der Waals surface area contributed by atoms with Crippen molar-refractivity contribution >= 4 is 11.5 Å². The van der Waals surface area contributed by atoms with Crippen LogP contribution in [0.3, 0.4) is 0 Å². The fourth-order valence-electron chi connectivity index (χ4n) is 3.61. The second-order valence-corrected chi connectivity index (χ2v) is 8.29. The van der Waals surface area contributed by atoms with Crippen molar-refractivity contribution in [2.75, 3.05) is 7.11 Å². The molecule has 1 aromatic carbocycles. The minimum absolute atomic E-state index is 0.136.